The van der Waals surface area contributed by atoms with E-state index in [1.165, 1.54) is 31.0 Å². The van der Waals surface area contributed by atoms with Crippen LogP contribution in [0.25, 0.3) is 0 Å². The van der Waals surface area contributed by atoms with Crippen molar-refractivity contribution in [2.24, 2.45) is 17.8 Å². The zero-order valence-electron chi connectivity index (χ0n) is 16.3. The molecule has 0 radical (unpaired) electrons. The van der Waals surface area contributed by atoms with Crippen molar-refractivity contribution < 1.29 is 14.7 Å². The summed E-state index contributed by atoms with van der Waals surface area (Å²) in [6.07, 6.45) is 8.08. The largest absolute Gasteiger partial charge is 0.396 e. The van der Waals surface area contributed by atoms with Crippen LogP contribution in [-0.2, 0) is 4.79 Å². The van der Waals surface area contributed by atoms with E-state index in [-0.39, 0.29) is 24.0 Å². The van der Waals surface area contributed by atoms with Gasteiger partial charge >= 0.3 is 0 Å². The number of aliphatic hydroxyl groups excluding tert-OH is 1. The smallest absolute Gasteiger partial charge is 0.252 e. The second-order valence-electron chi connectivity index (χ2n) is 8.86. The zero-order valence-corrected chi connectivity index (χ0v) is 17.1. The summed E-state index contributed by atoms with van der Waals surface area (Å²) in [6, 6.07) is 7.40. The van der Waals surface area contributed by atoms with Crippen LogP contribution in [0, 0.1) is 17.8 Å². The number of rotatable bonds is 8. The van der Waals surface area contributed by atoms with Gasteiger partial charge in [-0.25, -0.2) is 0 Å². The lowest BCUT2D eigenvalue weighted by molar-refractivity contribution is -0.124. The van der Waals surface area contributed by atoms with E-state index >= 15 is 0 Å². The van der Waals surface area contributed by atoms with E-state index < -0.39 is 0 Å². The van der Waals surface area contributed by atoms with Gasteiger partial charge in [0, 0.05) is 23.6 Å². The summed E-state index contributed by atoms with van der Waals surface area (Å²) in [7, 11) is 0. The molecule has 4 saturated carbocycles. The maximum atomic E-state index is 12.7. The van der Waals surface area contributed by atoms with Gasteiger partial charge in [0.25, 0.3) is 5.91 Å². The van der Waals surface area contributed by atoms with Crippen molar-refractivity contribution in [3.05, 3.63) is 29.8 Å². The lowest BCUT2D eigenvalue weighted by Gasteiger charge is -2.56. The molecule has 0 saturated heterocycles. The first-order valence-electron chi connectivity index (χ1n) is 10.5. The molecule has 2 amide bonds. The fraction of sp³-hybridized carbons (Fsp3) is 0.636. The van der Waals surface area contributed by atoms with E-state index in [1.54, 1.807) is 6.07 Å². The molecule has 4 bridgehead atoms. The zero-order chi connectivity index (χ0) is 19.6. The Kier molecular flexibility index (Phi) is 5.97. The minimum Gasteiger partial charge on any atom is -0.396 e. The van der Waals surface area contributed by atoms with E-state index in [1.807, 2.05) is 18.2 Å². The molecule has 4 fully saturated rings. The highest BCUT2D eigenvalue weighted by Crippen LogP contribution is 2.55. The van der Waals surface area contributed by atoms with Gasteiger partial charge in [-0.2, -0.15) is 0 Å². The minimum atomic E-state index is -0.155. The van der Waals surface area contributed by atoms with Crippen LogP contribution in [0.2, 0.25) is 0 Å². The normalized spacial score (nSPS) is 30.2. The van der Waals surface area contributed by atoms with Crippen molar-refractivity contribution in [3.63, 3.8) is 0 Å². The summed E-state index contributed by atoms with van der Waals surface area (Å²) in [5.74, 6) is 2.69. The summed E-state index contributed by atoms with van der Waals surface area (Å²) in [4.78, 5) is 25.9. The molecule has 0 heterocycles. The number of nitrogens with one attached hydrogen (secondary N) is 2. The van der Waals surface area contributed by atoms with Crippen molar-refractivity contribution in [2.45, 2.75) is 55.4 Å². The van der Waals surface area contributed by atoms with Crippen molar-refractivity contribution >= 4 is 23.6 Å². The van der Waals surface area contributed by atoms with Crippen molar-refractivity contribution in [2.75, 3.05) is 18.9 Å². The Morgan fingerprint density at radius 2 is 1.71 bits per heavy atom. The van der Waals surface area contributed by atoms with Gasteiger partial charge in [-0.3, -0.25) is 9.59 Å². The quantitative estimate of drug-likeness (QED) is 0.461. The molecular weight excluding hydrogens is 372 g/mol. The Bertz CT molecular complexity index is 701. The molecule has 28 heavy (non-hydrogen) atoms. The fourth-order valence-corrected chi connectivity index (χ4v) is 6.74. The predicted molar refractivity (Wildman–Crippen MR) is 110 cm³/mol. The molecule has 6 heteroatoms. The average Bonchev–Trinajstić information content (AvgIpc) is 2.65. The molecule has 0 aromatic heterocycles. The van der Waals surface area contributed by atoms with Crippen LogP contribution in [-0.4, -0.2) is 41.4 Å². The Hall–Kier alpha value is -1.53. The summed E-state index contributed by atoms with van der Waals surface area (Å²) in [5.41, 5.74) is 0.626. The van der Waals surface area contributed by atoms with Gasteiger partial charge in [-0.05, 0) is 74.8 Å². The van der Waals surface area contributed by atoms with Gasteiger partial charge in [0.15, 0.2) is 0 Å². The summed E-state index contributed by atoms with van der Waals surface area (Å²) >= 11 is 1.43. The Labute approximate surface area is 171 Å². The van der Waals surface area contributed by atoms with Gasteiger partial charge in [0.05, 0.1) is 11.3 Å². The average molecular weight is 403 g/mol. The van der Waals surface area contributed by atoms with Crippen LogP contribution in [0.5, 0.6) is 0 Å². The van der Waals surface area contributed by atoms with Gasteiger partial charge in [0.2, 0.25) is 5.91 Å². The second-order valence-corrected chi connectivity index (χ2v) is 9.88. The molecule has 152 valence electrons. The van der Waals surface area contributed by atoms with E-state index in [0.29, 0.717) is 24.3 Å². The number of hydrogen-bond acceptors (Lipinski definition) is 4. The molecule has 5 rings (SSSR count). The number of aliphatic hydroxyl groups is 1. The first-order valence-corrected chi connectivity index (χ1v) is 11.5. The SMILES string of the molecule is O=C(CSc1ccccc1C(=O)NCCCO)NC12CC3CC(CC(C3)C1)C2. The molecule has 0 aliphatic heterocycles. The van der Waals surface area contributed by atoms with Crippen LogP contribution >= 0.6 is 11.8 Å². The van der Waals surface area contributed by atoms with Gasteiger partial charge in [-0.1, -0.05) is 12.1 Å². The van der Waals surface area contributed by atoms with Gasteiger partial charge in [-0.15, -0.1) is 11.8 Å². The van der Waals surface area contributed by atoms with Crippen molar-refractivity contribution in [3.8, 4) is 0 Å². The molecule has 3 N–H and O–H groups in total. The number of benzene rings is 1. The summed E-state index contributed by atoms with van der Waals surface area (Å²) in [6.45, 7) is 0.502. The Morgan fingerprint density at radius 3 is 2.36 bits per heavy atom. The van der Waals surface area contributed by atoms with Crippen LogP contribution in [0.1, 0.15) is 55.3 Å². The third-order valence-electron chi connectivity index (χ3n) is 6.55. The molecule has 5 nitrogen and oxygen atoms in total. The number of carbonyl (C=O) groups excluding carboxylic acids is 2. The molecule has 4 aliphatic rings. The fourth-order valence-electron chi connectivity index (χ4n) is 5.90. The highest BCUT2D eigenvalue weighted by atomic mass is 32.2. The first-order chi connectivity index (χ1) is 13.6. The number of amides is 2. The van der Waals surface area contributed by atoms with Crippen LogP contribution < -0.4 is 10.6 Å². The lowest BCUT2D eigenvalue weighted by Crippen LogP contribution is -2.60. The van der Waals surface area contributed by atoms with E-state index in [4.69, 9.17) is 5.11 Å². The van der Waals surface area contributed by atoms with E-state index in [2.05, 4.69) is 10.6 Å². The molecule has 4 aliphatic carbocycles. The lowest BCUT2D eigenvalue weighted by atomic mass is 9.53. The third kappa shape index (κ3) is 4.38. The predicted octanol–water partition coefficient (Wildman–Crippen LogP) is 2.98. The molecular formula is C22H30N2O3S. The van der Waals surface area contributed by atoms with Gasteiger partial charge < -0.3 is 15.7 Å². The Balaban J connectivity index is 1.33. The van der Waals surface area contributed by atoms with Crippen LogP contribution in [0.4, 0.5) is 0 Å². The van der Waals surface area contributed by atoms with Crippen LogP contribution in [0.3, 0.4) is 0 Å². The molecule has 0 unspecified atom stereocenters. The topological polar surface area (TPSA) is 78.4 Å². The number of thioether (sulfide) groups is 1. The maximum absolute atomic E-state index is 12.7. The molecule has 0 atom stereocenters. The molecule has 0 spiro atoms. The standard InChI is InChI=1S/C22H30N2O3S/c25-7-3-6-23-21(27)18-4-1-2-5-19(18)28-14-20(26)24-22-11-15-8-16(12-22)10-17(9-15)13-22/h1-2,4-5,15-17,25H,3,6-14H2,(H,23,27)(H,24,26). The highest BCUT2D eigenvalue weighted by Gasteiger charge is 2.51. The first kappa shape index (κ1) is 19.8. The summed E-state index contributed by atoms with van der Waals surface area (Å²) in [5, 5.41) is 15.1. The van der Waals surface area contributed by atoms with Gasteiger partial charge in [0.1, 0.15) is 0 Å². The molecule has 1 aromatic carbocycles. The number of hydrogen-bond donors (Lipinski definition) is 3. The third-order valence-corrected chi connectivity index (χ3v) is 7.63. The Morgan fingerprint density at radius 1 is 1.07 bits per heavy atom. The highest BCUT2D eigenvalue weighted by molar-refractivity contribution is 8.00. The van der Waals surface area contributed by atoms with Crippen molar-refractivity contribution in [1.82, 2.24) is 10.6 Å². The minimum absolute atomic E-state index is 0.0353. The summed E-state index contributed by atoms with van der Waals surface area (Å²) < 4.78 is 0. The van der Waals surface area contributed by atoms with E-state index in [0.717, 1.165) is 41.9 Å². The monoisotopic (exact) mass is 402 g/mol. The maximum Gasteiger partial charge on any atom is 0.252 e. The second kappa shape index (κ2) is 8.46. The number of carbonyl (C=O) groups is 2. The van der Waals surface area contributed by atoms with Crippen LogP contribution in [0.15, 0.2) is 29.2 Å². The van der Waals surface area contributed by atoms with E-state index in [9.17, 15) is 9.59 Å². The molecule has 1 aromatic rings. The van der Waals surface area contributed by atoms with Crippen molar-refractivity contribution in [1.29, 1.82) is 0 Å².